The molecule has 0 saturated heterocycles. The van der Waals surface area contributed by atoms with Gasteiger partial charge in [-0.2, -0.15) is 0 Å². The van der Waals surface area contributed by atoms with Crippen molar-refractivity contribution in [2.75, 3.05) is 33.9 Å². The van der Waals surface area contributed by atoms with Crippen molar-refractivity contribution in [3.05, 3.63) is 59.7 Å². The van der Waals surface area contributed by atoms with E-state index in [1.54, 1.807) is 14.2 Å². The van der Waals surface area contributed by atoms with Gasteiger partial charge >= 0.3 is 0 Å². The van der Waals surface area contributed by atoms with E-state index in [4.69, 9.17) is 14.2 Å². The molecule has 0 spiro atoms. The van der Waals surface area contributed by atoms with Crippen LogP contribution in [0.1, 0.15) is 17.5 Å². The van der Waals surface area contributed by atoms with Crippen molar-refractivity contribution < 1.29 is 14.2 Å². The van der Waals surface area contributed by atoms with Crippen LogP contribution < -0.4 is 14.2 Å². The molecule has 0 radical (unpaired) electrons. The Kier molecular flexibility index (Phi) is 5.63. The van der Waals surface area contributed by atoms with Gasteiger partial charge in [0.1, 0.15) is 0 Å². The molecule has 0 bridgehead atoms. The Morgan fingerprint density at radius 1 is 0.964 bits per heavy atom. The van der Waals surface area contributed by atoms with Gasteiger partial charge in [0.25, 0.3) is 0 Å². The molecule has 2 aromatic carbocycles. The van der Waals surface area contributed by atoms with Crippen LogP contribution in [-0.2, 0) is 13.0 Å². The molecule has 3 aromatic rings. The first-order valence-corrected chi connectivity index (χ1v) is 9.71. The van der Waals surface area contributed by atoms with Crippen LogP contribution in [-0.4, -0.2) is 43.8 Å². The zero-order valence-electron chi connectivity index (χ0n) is 16.5. The van der Waals surface area contributed by atoms with Gasteiger partial charge in [-0.3, -0.25) is 4.90 Å². The average molecular weight is 378 g/mol. The quantitative estimate of drug-likeness (QED) is 0.580. The van der Waals surface area contributed by atoms with E-state index < -0.39 is 0 Å². The molecule has 146 valence electrons. The van der Waals surface area contributed by atoms with Crippen molar-refractivity contribution in [3.8, 4) is 17.4 Å². The van der Waals surface area contributed by atoms with E-state index in [1.807, 2.05) is 24.3 Å². The summed E-state index contributed by atoms with van der Waals surface area (Å²) in [5.41, 5.74) is 3.64. The Labute approximate surface area is 165 Å². The predicted molar refractivity (Wildman–Crippen MR) is 110 cm³/mol. The third-order valence-corrected chi connectivity index (χ3v) is 5.24. The molecule has 0 amide bonds. The zero-order chi connectivity index (χ0) is 19.3. The summed E-state index contributed by atoms with van der Waals surface area (Å²) in [7, 11) is 3.37. The van der Waals surface area contributed by atoms with Gasteiger partial charge < -0.3 is 14.2 Å². The summed E-state index contributed by atoms with van der Waals surface area (Å²) in [6, 6.07) is 16.3. The summed E-state index contributed by atoms with van der Waals surface area (Å²) in [6.45, 7) is 3.66. The lowest BCUT2D eigenvalue weighted by Gasteiger charge is -2.29. The molecule has 1 aromatic heterocycles. The first-order chi connectivity index (χ1) is 13.8. The SMILES string of the molecule is COc1cc2c(cc1OC)CN(CCCOc1ccc3ccccc3n1)CC2. The number of aromatic nitrogens is 1. The van der Waals surface area contributed by atoms with Gasteiger partial charge in [-0.15, -0.1) is 0 Å². The van der Waals surface area contributed by atoms with E-state index in [1.165, 1.54) is 11.1 Å². The number of rotatable bonds is 7. The molecule has 0 unspecified atom stereocenters. The van der Waals surface area contributed by atoms with Crippen LogP contribution in [0.4, 0.5) is 0 Å². The van der Waals surface area contributed by atoms with Crippen LogP contribution in [0.25, 0.3) is 10.9 Å². The van der Waals surface area contributed by atoms with Crippen LogP contribution in [0.5, 0.6) is 17.4 Å². The summed E-state index contributed by atoms with van der Waals surface area (Å²) < 4.78 is 16.7. The summed E-state index contributed by atoms with van der Waals surface area (Å²) in [5.74, 6) is 2.30. The Morgan fingerprint density at radius 3 is 2.57 bits per heavy atom. The maximum absolute atomic E-state index is 5.87. The Balaban J connectivity index is 1.30. The molecular formula is C23H26N2O3. The average Bonchev–Trinajstić information content (AvgIpc) is 2.75. The number of fused-ring (bicyclic) bond motifs is 2. The second-order valence-electron chi connectivity index (χ2n) is 7.05. The fraction of sp³-hybridized carbons (Fsp3) is 0.348. The van der Waals surface area contributed by atoms with Crippen molar-refractivity contribution in [1.82, 2.24) is 9.88 Å². The van der Waals surface area contributed by atoms with E-state index >= 15 is 0 Å². The molecule has 0 aliphatic carbocycles. The number of para-hydroxylation sites is 1. The summed E-state index contributed by atoms with van der Waals surface area (Å²) in [6.07, 6.45) is 2.00. The smallest absolute Gasteiger partial charge is 0.213 e. The van der Waals surface area contributed by atoms with Crippen molar-refractivity contribution in [1.29, 1.82) is 0 Å². The van der Waals surface area contributed by atoms with Gasteiger partial charge in [0, 0.05) is 31.1 Å². The molecule has 1 aliphatic rings. The van der Waals surface area contributed by atoms with Crippen molar-refractivity contribution in [2.24, 2.45) is 0 Å². The maximum Gasteiger partial charge on any atom is 0.213 e. The van der Waals surface area contributed by atoms with E-state index in [9.17, 15) is 0 Å². The minimum atomic E-state index is 0.667. The van der Waals surface area contributed by atoms with Crippen molar-refractivity contribution >= 4 is 10.9 Å². The van der Waals surface area contributed by atoms with E-state index in [0.717, 1.165) is 54.9 Å². The molecule has 5 heteroatoms. The minimum Gasteiger partial charge on any atom is -0.493 e. The van der Waals surface area contributed by atoms with Gasteiger partial charge in [-0.1, -0.05) is 18.2 Å². The number of ether oxygens (including phenoxy) is 3. The molecule has 0 saturated carbocycles. The lowest BCUT2D eigenvalue weighted by Crippen LogP contribution is -2.32. The first-order valence-electron chi connectivity index (χ1n) is 9.71. The maximum atomic E-state index is 5.87. The highest BCUT2D eigenvalue weighted by atomic mass is 16.5. The van der Waals surface area contributed by atoms with Gasteiger partial charge in [-0.05, 0) is 48.2 Å². The molecule has 0 atom stereocenters. The third-order valence-electron chi connectivity index (χ3n) is 5.24. The molecule has 2 heterocycles. The fourth-order valence-electron chi connectivity index (χ4n) is 3.73. The molecule has 5 nitrogen and oxygen atoms in total. The topological polar surface area (TPSA) is 43.8 Å². The van der Waals surface area contributed by atoms with Crippen LogP contribution in [0.2, 0.25) is 0 Å². The highest BCUT2D eigenvalue weighted by molar-refractivity contribution is 5.78. The number of nitrogens with zero attached hydrogens (tertiary/aromatic N) is 2. The van der Waals surface area contributed by atoms with Gasteiger partial charge in [0.05, 0.1) is 26.3 Å². The Hall–Kier alpha value is -2.79. The Morgan fingerprint density at radius 2 is 1.75 bits per heavy atom. The predicted octanol–water partition coefficient (Wildman–Crippen LogP) is 4.08. The van der Waals surface area contributed by atoms with Crippen LogP contribution >= 0.6 is 0 Å². The second-order valence-corrected chi connectivity index (χ2v) is 7.05. The number of methoxy groups -OCH3 is 2. The number of pyridine rings is 1. The van der Waals surface area contributed by atoms with Crippen LogP contribution in [0.3, 0.4) is 0 Å². The molecule has 1 aliphatic heterocycles. The van der Waals surface area contributed by atoms with Crippen molar-refractivity contribution in [2.45, 2.75) is 19.4 Å². The van der Waals surface area contributed by atoms with Crippen LogP contribution in [0, 0.1) is 0 Å². The normalized spacial score (nSPS) is 13.9. The van der Waals surface area contributed by atoms with Crippen LogP contribution in [0.15, 0.2) is 48.5 Å². The van der Waals surface area contributed by atoms with Crippen molar-refractivity contribution in [3.63, 3.8) is 0 Å². The van der Waals surface area contributed by atoms with E-state index in [2.05, 4.69) is 34.1 Å². The Bertz CT molecular complexity index is 958. The standard InChI is InChI=1S/C23H26N2O3/c1-26-21-14-18-10-12-25(16-19(18)15-22(21)27-2)11-5-13-28-23-9-8-17-6-3-4-7-20(17)24-23/h3-4,6-9,14-15H,5,10-13,16H2,1-2H3. The van der Waals surface area contributed by atoms with Gasteiger partial charge in [0.15, 0.2) is 11.5 Å². The molecule has 4 rings (SSSR count). The largest absolute Gasteiger partial charge is 0.493 e. The van der Waals surface area contributed by atoms with Gasteiger partial charge in [-0.25, -0.2) is 4.98 Å². The zero-order valence-corrected chi connectivity index (χ0v) is 16.5. The first kappa shape index (κ1) is 18.6. The minimum absolute atomic E-state index is 0.667. The summed E-state index contributed by atoms with van der Waals surface area (Å²) in [4.78, 5) is 7.03. The highest BCUT2D eigenvalue weighted by Crippen LogP contribution is 2.33. The highest BCUT2D eigenvalue weighted by Gasteiger charge is 2.19. The number of hydrogen-bond donors (Lipinski definition) is 0. The lowest BCUT2D eigenvalue weighted by molar-refractivity contribution is 0.217. The monoisotopic (exact) mass is 378 g/mol. The lowest BCUT2D eigenvalue weighted by atomic mass is 9.98. The van der Waals surface area contributed by atoms with E-state index in [-0.39, 0.29) is 0 Å². The molecular weight excluding hydrogens is 352 g/mol. The molecule has 0 fully saturated rings. The summed E-state index contributed by atoms with van der Waals surface area (Å²) >= 11 is 0. The van der Waals surface area contributed by atoms with Gasteiger partial charge in [0.2, 0.25) is 5.88 Å². The third kappa shape index (κ3) is 4.04. The summed E-state index contributed by atoms with van der Waals surface area (Å²) in [5, 5.41) is 1.13. The fourth-order valence-corrected chi connectivity index (χ4v) is 3.73. The molecule has 28 heavy (non-hydrogen) atoms. The number of benzene rings is 2. The number of hydrogen-bond acceptors (Lipinski definition) is 5. The molecule has 0 N–H and O–H groups in total. The van der Waals surface area contributed by atoms with E-state index in [0.29, 0.717) is 12.5 Å². The second kappa shape index (κ2) is 8.48.